The average Bonchev–Trinajstić information content (AvgIpc) is 2.78. The number of allylic oxidation sites excluding steroid dienone is 1. The zero-order valence-corrected chi connectivity index (χ0v) is 16.7. The Labute approximate surface area is 175 Å². The van der Waals surface area contributed by atoms with Gasteiger partial charge in [0.05, 0.1) is 12.7 Å². The van der Waals surface area contributed by atoms with Gasteiger partial charge in [-0.25, -0.2) is 0 Å². The minimum absolute atomic E-state index is 0.0830. The molecule has 1 saturated heterocycles. The quantitative estimate of drug-likeness (QED) is 0.766. The van der Waals surface area contributed by atoms with Crippen molar-refractivity contribution in [3.8, 4) is 35.2 Å². The van der Waals surface area contributed by atoms with E-state index in [0.717, 1.165) is 5.56 Å². The molecule has 2 aromatic rings. The molecule has 0 aliphatic carbocycles. The van der Waals surface area contributed by atoms with Gasteiger partial charge in [-0.2, -0.15) is 20.8 Å². The highest BCUT2D eigenvalue weighted by molar-refractivity contribution is 5.88. The van der Waals surface area contributed by atoms with Crippen LogP contribution < -0.4 is 9.64 Å². The highest BCUT2D eigenvalue weighted by Gasteiger charge is 2.27. The number of nitriles is 3. The van der Waals surface area contributed by atoms with Crippen LogP contribution in [0, 0.1) is 34.0 Å². The number of nitrogens with zero attached hydrogens (tertiary/aromatic N) is 5. The standard InChI is InChI=1S/C23H21N5O2/c1-2-30-23-20(15-26)21(17-6-4-3-5-7-17)19(12-16(13-24)14-25)22(27-23)28-10-8-18(29)9-11-28/h3-7,12,18,29H,2,8-11H2,1H3. The van der Waals surface area contributed by atoms with Crippen molar-refractivity contribution in [3.05, 3.63) is 47.0 Å². The molecule has 0 amide bonds. The predicted octanol–water partition coefficient (Wildman–Crippen LogP) is 3.41. The summed E-state index contributed by atoms with van der Waals surface area (Å²) in [6, 6.07) is 15.3. The SMILES string of the molecule is CCOc1nc(N2CCC(O)CC2)c(C=C(C#N)C#N)c(-c2ccccc2)c1C#N. The number of aromatic nitrogens is 1. The van der Waals surface area contributed by atoms with E-state index in [9.17, 15) is 20.9 Å². The number of aliphatic hydroxyl groups is 1. The smallest absolute Gasteiger partial charge is 0.234 e. The first-order chi connectivity index (χ1) is 14.6. The number of anilines is 1. The molecule has 3 rings (SSSR count). The number of ether oxygens (including phenoxy) is 1. The molecule has 1 aromatic heterocycles. The Morgan fingerprint density at radius 2 is 1.87 bits per heavy atom. The fraction of sp³-hybridized carbons (Fsp3) is 0.304. The Balaban J connectivity index is 2.37. The molecule has 0 atom stereocenters. The zero-order valence-electron chi connectivity index (χ0n) is 16.7. The minimum atomic E-state index is -0.368. The molecular weight excluding hydrogens is 378 g/mol. The van der Waals surface area contributed by atoms with Crippen molar-refractivity contribution in [2.45, 2.75) is 25.9 Å². The van der Waals surface area contributed by atoms with Crippen molar-refractivity contribution in [3.63, 3.8) is 0 Å². The first-order valence-electron chi connectivity index (χ1n) is 9.74. The number of benzene rings is 1. The predicted molar refractivity (Wildman–Crippen MR) is 112 cm³/mol. The maximum absolute atomic E-state index is 9.93. The Kier molecular flexibility index (Phi) is 6.65. The monoisotopic (exact) mass is 399 g/mol. The van der Waals surface area contributed by atoms with E-state index in [0.29, 0.717) is 49.5 Å². The van der Waals surface area contributed by atoms with E-state index in [1.54, 1.807) is 0 Å². The molecule has 0 spiro atoms. The van der Waals surface area contributed by atoms with Crippen molar-refractivity contribution in [2.24, 2.45) is 0 Å². The van der Waals surface area contributed by atoms with Gasteiger partial charge in [-0.3, -0.25) is 0 Å². The lowest BCUT2D eigenvalue weighted by Crippen LogP contribution is -2.37. The third-order valence-corrected chi connectivity index (χ3v) is 4.93. The lowest BCUT2D eigenvalue weighted by atomic mass is 9.93. The summed E-state index contributed by atoms with van der Waals surface area (Å²) in [5, 5.41) is 38.5. The molecule has 1 N–H and O–H groups in total. The molecule has 150 valence electrons. The van der Waals surface area contributed by atoms with E-state index in [1.807, 2.05) is 54.3 Å². The zero-order chi connectivity index (χ0) is 21.5. The van der Waals surface area contributed by atoms with Gasteiger partial charge in [0.1, 0.15) is 35.2 Å². The summed E-state index contributed by atoms with van der Waals surface area (Å²) in [6.07, 6.45) is 2.27. The van der Waals surface area contributed by atoms with Gasteiger partial charge in [-0.1, -0.05) is 30.3 Å². The van der Waals surface area contributed by atoms with Gasteiger partial charge < -0.3 is 14.7 Å². The van der Waals surface area contributed by atoms with Crippen molar-refractivity contribution in [1.29, 1.82) is 15.8 Å². The van der Waals surface area contributed by atoms with Crippen LogP contribution in [-0.2, 0) is 0 Å². The molecule has 7 heteroatoms. The lowest BCUT2D eigenvalue weighted by Gasteiger charge is -2.32. The normalized spacial score (nSPS) is 13.6. The summed E-state index contributed by atoms with van der Waals surface area (Å²) >= 11 is 0. The second-order valence-corrected chi connectivity index (χ2v) is 6.81. The van der Waals surface area contributed by atoms with Crippen LogP contribution in [0.3, 0.4) is 0 Å². The molecule has 0 saturated carbocycles. The number of rotatable bonds is 5. The van der Waals surface area contributed by atoms with E-state index >= 15 is 0 Å². The van der Waals surface area contributed by atoms with Gasteiger partial charge in [0.25, 0.3) is 0 Å². The Morgan fingerprint density at radius 1 is 1.20 bits per heavy atom. The molecule has 1 aliphatic heterocycles. The van der Waals surface area contributed by atoms with Crippen LogP contribution in [0.5, 0.6) is 5.88 Å². The summed E-state index contributed by atoms with van der Waals surface area (Å²) in [5.41, 5.74) is 2.03. The van der Waals surface area contributed by atoms with Crippen molar-refractivity contribution in [2.75, 3.05) is 24.6 Å². The van der Waals surface area contributed by atoms with E-state index in [2.05, 4.69) is 11.1 Å². The topological polar surface area (TPSA) is 117 Å². The molecular formula is C23H21N5O2. The van der Waals surface area contributed by atoms with Crippen LogP contribution in [-0.4, -0.2) is 35.9 Å². The number of hydrogen-bond donors (Lipinski definition) is 1. The number of piperidine rings is 1. The summed E-state index contributed by atoms with van der Waals surface area (Å²) in [5.74, 6) is 0.749. The van der Waals surface area contributed by atoms with Gasteiger partial charge in [0, 0.05) is 24.2 Å². The second-order valence-electron chi connectivity index (χ2n) is 6.81. The minimum Gasteiger partial charge on any atom is -0.477 e. The Hall–Kier alpha value is -3.86. The fourth-order valence-electron chi connectivity index (χ4n) is 3.50. The molecule has 7 nitrogen and oxygen atoms in total. The maximum Gasteiger partial charge on any atom is 0.234 e. The van der Waals surface area contributed by atoms with Gasteiger partial charge in [-0.05, 0) is 31.4 Å². The van der Waals surface area contributed by atoms with Gasteiger partial charge in [0.2, 0.25) is 5.88 Å². The second kappa shape index (κ2) is 9.56. The summed E-state index contributed by atoms with van der Waals surface area (Å²) < 4.78 is 5.69. The van der Waals surface area contributed by atoms with Crippen molar-refractivity contribution >= 4 is 11.9 Å². The molecule has 2 heterocycles. The summed E-state index contributed by atoms with van der Waals surface area (Å²) in [4.78, 5) is 6.63. The molecule has 1 aliphatic rings. The fourth-order valence-corrected chi connectivity index (χ4v) is 3.50. The van der Waals surface area contributed by atoms with Crippen LogP contribution in [0.4, 0.5) is 5.82 Å². The first-order valence-corrected chi connectivity index (χ1v) is 9.74. The van der Waals surface area contributed by atoms with Crippen LogP contribution >= 0.6 is 0 Å². The van der Waals surface area contributed by atoms with Crippen LogP contribution in [0.25, 0.3) is 17.2 Å². The molecule has 1 aromatic carbocycles. The highest BCUT2D eigenvalue weighted by atomic mass is 16.5. The number of aliphatic hydroxyl groups excluding tert-OH is 1. The van der Waals surface area contributed by atoms with Gasteiger partial charge in [-0.15, -0.1) is 0 Å². The third-order valence-electron chi connectivity index (χ3n) is 4.93. The van der Waals surface area contributed by atoms with E-state index in [4.69, 9.17) is 4.74 Å². The van der Waals surface area contributed by atoms with Crippen LogP contribution in [0.15, 0.2) is 35.9 Å². The Bertz CT molecular complexity index is 1050. The number of pyridine rings is 1. The molecule has 0 radical (unpaired) electrons. The van der Waals surface area contributed by atoms with E-state index < -0.39 is 0 Å². The summed E-state index contributed by atoms with van der Waals surface area (Å²) in [7, 11) is 0. The lowest BCUT2D eigenvalue weighted by molar-refractivity contribution is 0.145. The van der Waals surface area contributed by atoms with Crippen LogP contribution in [0.2, 0.25) is 0 Å². The molecule has 30 heavy (non-hydrogen) atoms. The largest absolute Gasteiger partial charge is 0.477 e. The first kappa shape index (κ1) is 20.9. The highest BCUT2D eigenvalue weighted by Crippen LogP contribution is 2.39. The summed E-state index contributed by atoms with van der Waals surface area (Å²) in [6.45, 7) is 3.29. The molecule has 1 fully saturated rings. The van der Waals surface area contributed by atoms with Crippen molar-refractivity contribution in [1.82, 2.24) is 4.98 Å². The van der Waals surface area contributed by atoms with Gasteiger partial charge in [0.15, 0.2) is 0 Å². The average molecular weight is 399 g/mol. The van der Waals surface area contributed by atoms with Crippen molar-refractivity contribution < 1.29 is 9.84 Å². The molecule has 0 unspecified atom stereocenters. The van der Waals surface area contributed by atoms with E-state index in [-0.39, 0.29) is 23.1 Å². The van der Waals surface area contributed by atoms with Gasteiger partial charge >= 0.3 is 0 Å². The maximum atomic E-state index is 9.93. The molecule has 0 bridgehead atoms. The van der Waals surface area contributed by atoms with Crippen LogP contribution in [0.1, 0.15) is 30.9 Å². The Morgan fingerprint density at radius 3 is 2.43 bits per heavy atom. The third kappa shape index (κ3) is 4.25. The number of hydrogen-bond acceptors (Lipinski definition) is 7. The van der Waals surface area contributed by atoms with E-state index in [1.165, 1.54) is 6.08 Å².